The maximum absolute atomic E-state index is 12.5. The Morgan fingerprint density at radius 3 is 2.31 bits per heavy atom. The van der Waals surface area contributed by atoms with Gasteiger partial charge in [-0.2, -0.15) is 13.2 Å². The van der Waals surface area contributed by atoms with Crippen LogP contribution < -0.4 is 5.32 Å². The Kier molecular flexibility index (Phi) is 5.69. The van der Waals surface area contributed by atoms with Crippen molar-refractivity contribution < 1.29 is 27.9 Å². The fourth-order valence-corrected chi connectivity index (χ4v) is 2.64. The van der Waals surface area contributed by atoms with E-state index in [2.05, 4.69) is 5.32 Å². The molecule has 26 heavy (non-hydrogen) atoms. The van der Waals surface area contributed by atoms with Gasteiger partial charge in [0.15, 0.2) is 0 Å². The number of carbonyl (C=O) groups excluding carboxylic acids is 1. The highest BCUT2D eigenvalue weighted by atomic mass is 19.4. The van der Waals surface area contributed by atoms with Crippen LogP contribution in [0.25, 0.3) is 0 Å². The van der Waals surface area contributed by atoms with Gasteiger partial charge >= 0.3 is 12.1 Å². The number of hydrogen-bond acceptors (Lipinski definition) is 2. The second kappa shape index (κ2) is 7.59. The molecule has 0 aliphatic rings. The maximum Gasteiger partial charge on any atom is 0.389 e. The van der Waals surface area contributed by atoms with Crippen LogP contribution in [0.4, 0.5) is 18.9 Å². The molecule has 0 spiro atoms. The number of amides is 1. The number of carboxylic acids is 1. The second-order valence-electron chi connectivity index (χ2n) is 6.01. The lowest BCUT2D eigenvalue weighted by atomic mass is 10.0. The summed E-state index contributed by atoms with van der Waals surface area (Å²) in [6, 6.07) is 9.05. The average Bonchev–Trinajstić information content (AvgIpc) is 2.54. The molecule has 7 heteroatoms. The van der Waals surface area contributed by atoms with Crippen LogP contribution >= 0.6 is 0 Å². The van der Waals surface area contributed by atoms with Gasteiger partial charge in [-0.3, -0.25) is 4.79 Å². The van der Waals surface area contributed by atoms with Crippen LogP contribution in [-0.4, -0.2) is 23.2 Å². The number of carboxylic acid groups (broad SMARTS) is 1. The Balaban J connectivity index is 2.29. The summed E-state index contributed by atoms with van der Waals surface area (Å²) < 4.78 is 37.4. The van der Waals surface area contributed by atoms with Crippen LogP contribution in [0.1, 0.15) is 43.8 Å². The van der Waals surface area contributed by atoms with Gasteiger partial charge in [0.25, 0.3) is 5.91 Å². The molecule has 0 saturated heterocycles. The monoisotopic (exact) mass is 365 g/mol. The van der Waals surface area contributed by atoms with Crippen LogP contribution in [0.5, 0.6) is 0 Å². The van der Waals surface area contributed by atoms with Gasteiger partial charge in [-0.1, -0.05) is 24.3 Å². The molecule has 0 heterocycles. The molecule has 2 rings (SSSR count). The lowest BCUT2D eigenvalue weighted by Crippen LogP contribution is -2.17. The minimum Gasteiger partial charge on any atom is -0.478 e. The molecular weight excluding hydrogens is 347 g/mol. The van der Waals surface area contributed by atoms with Crippen molar-refractivity contribution in [3.63, 3.8) is 0 Å². The highest BCUT2D eigenvalue weighted by Crippen LogP contribution is 2.25. The Morgan fingerprint density at radius 1 is 1.04 bits per heavy atom. The minimum absolute atomic E-state index is 0.0521. The van der Waals surface area contributed by atoms with Crippen molar-refractivity contribution in [3.05, 3.63) is 64.2 Å². The Hall–Kier alpha value is -2.83. The standard InChI is InChI=1S/C19H18F3NO3/c1-11-9-12(2)16(10-15(11)18(25)26)23-17(24)14-6-4-3-5-13(14)7-8-19(20,21)22/h3-6,9-10H,7-8H2,1-2H3,(H,23,24)(H,25,26). The lowest BCUT2D eigenvalue weighted by molar-refractivity contribution is -0.134. The normalized spacial score (nSPS) is 11.3. The molecule has 2 aromatic rings. The van der Waals surface area contributed by atoms with E-state index in [4.69, 9.17) is 0 Å². The van der Waals surface area contributed by atoms with Crippen molar-refractivity contribution in [2.75, 3.05) is 5.32 Å². The van der Waals surface area contributed by atoms with E-state index < -0.39 is 24.5 Å². The van der Waals surface area contributed by atoms with Gasteiger partial charge in [0.1, 0.15) is 0 Å². The summed E-state index contributed by atoms with van der Waals surface area (Å²) >= 11 is 0. The molecule has 0 radical (unpaired) electrons. The van der Waals surface area contributed by atoms with Crippen molar-refractivity contribution >= 4 is 17.6 Å². The minimum atomic E-state index is -4.31. The van der Waals surface area contributed by atoms with E-state index in [0.29, 0.717) is 16.8 Å². The molecule has 0 aromatic heterocycles. The predicted octanol–water partition coefficient (Wildman–Crippen LogP) is 4.75. The third kappa shape index (κ3) is 4.84. The van der Waals surface area contributed by atoms with Gasteiger partial charge in [0, 0.05) is 17.7 Å². The number of hydrogen-bond donors (Lipinski definition) is 2. The highest BCUT2D eigenvalue weighted by molar-refractivity contribution is 6.06. The van der Waals surface area contributed by atoms with Crippen molar-refractivity contribution in [2.45, 2.75) is 32.9 Å². The summed E-state index contributed by atoms with van der Waals surface area (Å²) in [5.74, 6) is -1.70. The molecule has 4 nitrogen and oxygen atoms in total. The molecule has 0 unspecified atom stereocenters. The zero-order valence-electron chi connectivity index (χ0n) is 14.3. The number of benzene rings is 2. The summed E-state index contributed by atoms with van der Waals surface area (Å²) in [6.45, 7) is 3.36. The molecule has 1 amide bonds. The van der Waals surface area contributed by atoms with Gasteiger partial charge in [0.05, 0.1) is 5.56 Å². The summed E-state index contributed by atoms with van der Waals surface area (Å²) in [4.78, 5) is 23.8. The van der Waals surface area contributed by atoms with Crippen LogP contribution in [-0.2, 0) is 6.42 Å². The molecule has 0 aliphatic carbocycles. The van der Waals surface area contributed by atoms with E-state index in [1.165, 1.54) is 18.2 Å². The number of carbonyl (C=O) groups is 2. The van der Waals surface area contributed by atoms with Gasteiger partial charge in [0.2, 0.25) is 0 Å². The Bertz CT molecular complexity index is 844. The Morgan fingerprint density at radius 2 is 1.69 bits per heavy atom. The zero-order valence-corrected chi connectivity index (χ0v) is 14.3. The number of anilines is 1. The number of halogens is 3. The third-order valence-electron chi connectivity index (χ3n) is 3.99. The molecule has 0 atom stereocenters. The number of rotatable bonds is 5. The summed E-state index contributed by atoms with van der Waals surface area (Å²) in [5.41, 5.74) is 1.99. The van der Waals surface area contributed by atoms with Crippen LogP contribution in [0.2, 0.25) is 0 Å². The summed E-state index contributed by atoms with van der Waals surface area (Å²) in [5, 5.41) is 11.8. The maximum atomic E-state index is 12.5. The van der Waals surface area contributed by atoms with E-state index in [9.17, 15) is 27.9 Å². The molecule has 138 valence electrons. The first-order valence-corrected chi connectivity index (χ1v) is 7.89. The first-order chi connectivity index (χ1) is 12.1. The first-order valence-electron chi connectivity index (χ1n) is 7.89. The second-order valence-corrected chi connectivity index (χ2v) is 6.01. The van der Waals surface area contributed by atoms with Gasteiger partial charge in [-0.05, 0) is 49.1 Å². The molecule has 0 fully saturated rings. The molecular formula is C19H18F3NO3. The zero-order chi connectivity index (χ0) is 19.5. The van der Waals surface area contributed by atoms with Gasteiger partial charge in [-0.15, -0.1) is 0 Å². The smallest absolute Gasteiger partial charge is 0.389 e. The Labute approximate surface area is 148 Å². The fourth-order valence-electron chi connectivity index (χ4n) is 2.64. The van der Waals surface area contributed by atoms with Crippen molar-refractivity contribution in [3.8, 4) is 0 Å². The summed E-state index contributed by atoms with van der Waals surface area (Å²) in [7, 11) is 0. The SMILES string of the molecule is Cc1cc(C)c(C(=O)O)cc1NC(=O)c1ccccc1CCC(F)(F)F. The van der Waals surface area contributed by atoms with E-state index in [-0.39, 0.29) is 23.1 Å². The van der Waals surface area contributed by atoms with E-state index >= 15 is 0 Å². The first kappa shape index (κ1) is 19.5. The number of aromatic carboxylic acids is 1. The van der Waals surface area contributed by atoms with Crippen molar-refractivity contribution in [1.29, 1.82) is 0 Å². The molecule has 0 saturated carbocycles. The van der Waals surface area contributed by atoms with E-state index in [1.54, 1.807) is 32.0 Å². The highest BCUT2D eigenvalue weighted by Gasteiger charge is 2.27. The van der Waals surface area contributed by atoms with E-state index in [0.717, 1.165) is 0 Å². The van der Waals surface area contributed by atoms with Crippen molar-refractivity contribution in [1.82, 2.24) is 0 Å². The molecule has 0 bridgehead atoms. The largest absolute Gasteiger partial charge is 0.478 e. The quantitative estimate of drug-likeness (QED) is 0.804. The molecule has 2 aromatic carbocycles. The van der Waals surface area contributed by atoms with Crippen LogP contribution in [0, 0.1) is 13.8 Å². The molecule has 0 aliphatic heterocycles. The van der Waals surface area contributed by atoms with Crippen LogP contribution in [0.15, 0.2) is 36.4 Å². The number of alkyl halides is 3. The third-order valence-corrected chi connectivity index (χ3v) is 3.99. The molecule has 2 N–H and O–H groups in total. The van der Waals surface area contributed by atoms with Gasteiger partial charge < -0.3 is 10.4 Å². The summed E-state index contributed by atoms with van der Waals surface area (Å²) in [6.07, 6.45) is -5.64. The lowest BCUT2D eigenvalue weighted by Gasteiger charge is -2.14. The van der Waals surface area contributed by atoms with E-state index in [1.807, 2.05) is 0 Å². The topological polar surface area (TPSA) is 66.4 Å². The fraction of sp³-hybridized carbons (Fsp3) is 0.263. The average molecular weight is 365 g/mol. The number of aryl methyl sites for hydroxylation is 3. The predicted molar refractivity (Wildman–Crippen MR) is 91.6 cm³/mol. The van der Waals surface area contributed by atoms with Gasteiger partial charge in [-0.25, -0.2) is 4.79 Å². The number of nitrogens with one attached hydrogen (secondary N) is 1. The van der Waals surface area contributed by atoms with Crippen molar-refractivity contribution in [2.24, 2.45) is 0 Å². The van der Waals surface area contributed by atoms with Crippen LogP contribution in [0.3, 0.4) is 0 Å².